The summed E-state index contributed by atoms with van der Waals surface area (Å²) < 4.78 is 0. The monoisotopic (exact) mass is 259 g/mol. The van der Waals surface area contributed by atoms with E-state index in [0.29, 0.717) is 11.6 Å². The number of carbonyl (C=O) groups excluding carboxylic acids is 1. The molecule has 0 radical (unpaired) electrons. The highest BCUT2D eigenvalue weighted by atomic mass is 16.1. The van der Waals surface area contributed by atoms with Gasteiger partial charge < -0.3 is 11.1 Å². The van der Waals surface area contributed by atoms with Gasteiger partial charge >= 0.3 is 0 Å². The molecule has 0 spiro atoms. The van der Waals surface area contributed by atoms with Crippen LogP contribution in [0.4, 0.5) is 0 Å². The fraction of sp³-hybridized carbons (Fsp3) is 0.533. The lowest BCUT2D eigenvalue weighted by Crippen LogP contribution is -2.32. The molecule has 3 N–H and O–H groups in total. The number of hydrogen-bond acceptors (Lipinski definition) is 3. The number of fused-ring (bicyclic) bond motifs is 1. The lowest BCUT2D eigenvalue weighted by molar-refractivity contribution is 0.1000. The number of benzene rings is 1. The van der Waals surface area contributed by atoms with Gasteiger partial charge in [-0.3, -0.25) is 9.69 Å². The van der Waals surface area contributed by atoms with E-state index in [1.807, 2.05) is 12.1 Å². The topological polar surface area (TPSA) is 58.4 Å². The minimum absolute atomic E-state index is 0.350. The zero-order valence-electron chi connectivity index (χ0n) is 11.3. The Labute approximate surface area is 114 Å². The zero-order valence-corrected chi connectivity index (χ0v) is 11.3. The largest absolute Gasteiger partial charge is 0.366 e. The number of carbonyl (C=O) groups is 1. The second-order valence-corrected chi connectivity index (χ2v) is 5.82. The summed E-state index contributed by atoms with van der Waals surface area (Å²) in [6.45, 7) is 6.67. The van der Waals surface area contributed by atoms with E-state index >= 15 is 0 Å². The van der Waals surface area contributed by atoms with Crippen molar-refractivity contribution in [2.45, 2.75) is 19.5 Å². The predicted molar refractivity (Wildman–Crippen MR) is 74.7 cm³/mol. The number of amides is 1. The van der Waals surface area contributed by atoms with Crippen molar-refractivity contribution >= 4 is 5.91 Å². The van der Waals surface area contributed by atoms with Gasteiger partial charge in [-0.1, -0.05) is 12.1 Å². The first-order chi connectivity index (χ1) is 9.15. The summed E-state index contributed by atoms with van der Waals surface area (Å²) in [6.07, 6.45) is 0. The molecule has 0 aromatic heterocycles. The van der Waals surface area contributed by atoms with Crippen LogP contribution >= 0.6 is 0 Å². The van der Waals surface area contributed by atoms with E-state index in [1.165, 1.54) is 5.56 Å². The summed E-state index contributed by atoms with van der Waals surface area (Å²) in [6, 6.07) is 8.29. The Morgan fingerprint density at radius 1 is 1.47 bits per heavy atom. The van der Waals surface area contributed by atoms with Crippen molar-refractivity contribution in [2.75, 3.05) is 19.6 Å². The third kappa shape index (κ3) is 2.38. The highest BCUT2D eigenvalue weighted by Gasteiger charge is 2.41. The summed E-state index contributed by atoms with van der Waals surface area (Å²) in [5, 5.41) is 3.48. The number of nitrogens with zero attached hydrogens (tertiary/aromatic N) is 1. The van der Waals surface area contributed by atoms with E-state index in [9.17, 15) is 4.79 Å². The molecule has 3 rings (SSSR count). The molecule has 1 aromatic carbocycles. The first kappa shape index (κ1) is 12.6. The minimum Gasteiger partial charge on any atom is -0.366 e. The number of likely N-dealkylation sites (tertiary alicyclic amines) is 1. The SMILES string of the molecule is CC1C2CNCC2CN1Cc1cccc(C(N)=O)c1. The molecule has 2 heterocycles. The molecule has 2 fully saturated rings. The summed E-state index contributed by atoms with van der Waals surface area (Å²) in [7, 11) is 0. The van der Waals surface area contributed by atoms with Gasteiger partial charge in [-0.15, -0.1) is 0 Å². The van der Waals surface area contributed by atoms with Crippen molar-refractivity contribution in [2.24, 2.45) is 17.6 Å². The minimum atomic E-state index is -0.350. The molecule has 0 bridgehead atoms. The van der Waals surface area contributed by atoms with Gasteiger partial charge in [0, 0.05) is 24.7 Å². The molecule has 19 heavy (non-hydrogen) atoms. The van der Waals surface area contributed by atoms with Crippen LogP contribution in [0.3, 0.4) is 0 Å². The fourth-order valence-electron chi connectivity index (χ4n) is 3.52. The van der Waals surface area contributed by atoms with Gasteiger partial charge in [0.2, 0.25) is 5.91 Å². The number of rotatable bonds is 3. The van der Waals surface area contributed by atoms with Gasteiger partial charge in [0.15, 0.2) is 0 Å². The van der Waals surface area contributed by atoms with Gasteiger partial charge in [0.25, 0.3) is 0 Å². The van der Waals surface area contributed by atoms with Crippen molar-refractivity contribution < 1.29 is 4.79 Å². The zero-order chi connectivity index (χ0) is 13.4. The van der Waals surface area contributed by atoms with Crippen molar-refractivity contribution in [3.8, 4) is 0 Å². The third-order valence-corrected chi connectivity index (χ3v) is 4.65. The Morgan fingerprint density at radius 2 is 2.32 bits per heavy atom. The van der Waals surface area contributed by atoms with Crippen molar-refractivity contribution in [1.82, 2.24) is 10.2 Å². The van der Waals surface area contributed by atoms with Gasteiger partial charge in [0.1, 0.15) is 0 Å². The number of primary amides is 1. The maximum atomic E-state index is 11.2. The van der Waals surface area contributed by atoms with Crippen LogP contribution < -0.4 is 11.1 Å². The molecule has 1 aromatic rings. The Hall–Kier alpha value is -1.39. The van der Waals surface area contributed by atoms with Crippen LogP contribution in [-0.4, -0.2) is 36.5 Å². The number of hydrogen-bond donors (Lipinski definition) is 2. The Morgan fingerprint density at radius 3 is 3.05 bits per heavy atom. The van der Waals surface area contributed by atoms with E-state index in [4.69, 9.17) is 5.73 Å². The molecule has 3 unspecified atom stereocenters. The van der Waals surface area contributed by atoms with Gasteiger partial charge in [-0.05, 0) is 49.5 Å². The summed E-state index contributed by atoms with van der Waals surface area (Å²) in [5.41, 5.74) is 7.11. The second kappa shape index (κ2) is 4.94. The Kier molecular flexibility index (Phi) is 3.29. The van der Waals surface area contributed by atoms with Crippen LogP contribution in [-0.2, 0) is 6.54 Å². The molecule has 4 nitrogen and oxygen atoms in total. The highest BCUT2D eigenvalue weighted by Crippen LogP contribution is 2.33. The van der Waals surface area contributed by atoms with Crippen molar-refractivity contribution in [3.63, 3.8) is 0 Å². The van der Waals surface area contributed by atoms with E-state index in [2.05, 4.69) is 23.2 Å². The molecule has 2 aliphatic rings. The maximum absolute atomic E-state index is 11.2. The summed E-state index contributed by atoms with van der Waals surface area (Å²) in [4.78, 5) is 13.7. The quantitative estimate of drug-likeness (QED) is 0.845. The van der Waals surface area contributed by atoms with Crippen molar-refractivity contribution in [3.05, 3.63) is 35.4 Å². The van der Waals surface area contributed by atoms with Crippen LogP contribution in [0.1, 0.15) is 22.8 Å². The molecule has 2 saturated heterocycles. The fourth-order valence-corrected chi connectivity index (χ4v) is 3.52. The smallest absolute Gasteiger partial charge is 0.248 e. The Balaban J connectivity index is 1.72. The lowest BCUT2D eigenvalue weighted by atomic mass is 9.95. The molecule has 0 aliphatic carbocycles. The van der Waals surface area contributed by atoms with Crippen LogP contribution in [0, 0.1) is 11.8 Å². The maximum Gasteiger partial charge on any atom is 0.248 e. The van der Waals surface area contributed by atoms with E-state index in [-0.39, 0.29) is 5.91 Å². The van der Waals surface area contributed by atoms with Gasteiger partial charge in [0.05, 0.1) is 0 Å². The lowest BCUT2D eigenvalue weighted by Gasteiger charge is -2.24. The first-order valence-electron chi connectivity index (χ1n) is 6.98. The van der Waals surface area contributed by atoms with Gasteiger partial charge in [-0.25, -0.2) is 0 Å². The summed E-state index contributed by atoms with van der Waals surface area (Å²) in [5.74, 6) is 1.21. The summed E-state index contributed by atoms with van der Waals surface area (Å²) >= 11 is 0. The predicted octanol–water partition coefficient (Wildman–Crippen LogP) is 0.825. The molecular formula is C15H21N3O. The molecule has 0 saturated carbocycles. The number of nitrogens with two attached hydrogens (primary N) is 1. The normalized spacial score (nSPS) is 30.5. The van der Waals surface area contributed by atoms with Crippen molar-refractivity contribution in [1.29, 1.82) is 0 Å². The average Bonchev–Trinajstić information content (AvgIpc) is 2.95. The molecule has 2 aliphatic heterocycles. The third-order valence-electron chi connectivity index (χ3n) is 4.65. The van der Waals surface area contributed by atoms with Crippen LogP contribution in [0.15, 0.2) is 24.3 Å². The Bertz CT molecular complexity index is 488. The van der Waals surface area contributed by atoms with Crippen LogP contribution in [0.25, 0.3) is 0 Å². The highest BCUT2D eigenvalue weighted by molar-refractivity contribution is 5.92. The molecule has 4 heteroatoms. The number of nitrogens with one attached hydrogen (secondary N) is 1. The first-order valence-corrected chi connectivity index (χ1v) is 6.98. The van der Waals surface area contributed by atoms with Crippen LogP contribution in [0.5, 0.6) is 0 Å². The molecule has 3 atom stereocenters. The average molecular weight is 259 g/mol. The van der Waals surface area contributed by atoms with E-state index in [0.717, 1.165) is 38.0 Å². The van der Waals surface area contributed by atoms with E-state index < -0.39 is 0 Å². The van der Waals surface area contributed by atoms with Gasteiger partial charge in [-0.2, -0.15) is 0 Å². The molecule has 102 valence electrons. The molecular weight excluding hydrogens is 238 g/mol. The van der Waals surface area contributed by atoms with E-state index in [1.54, 1.807) is 6.07 Å². The van der Waals surface area contributed by atoms with Crippen LogP contribution in [0.2, 0.25) is 0 Å². The second-order valence-electron chi connectivity index (χ2n) is 5.82. The molecule has 1 amide bonds. The standard InChI is InChI=1S/C15H21N3O/c1-10-14-7-17-6-13(14)9-18(10)8-11-3-2-4-12(5-11)15(16)19/h2-5,10,13-14,17H,6-9H2,1H3,(H2,16,19).